The first kappa shape index (κ1) is 17.1. The topological polar surface area (TPSA) is 82.7 Å². The van der Waals surface area contributed by atoms with E-state index >= 15 is 0 Å². The van der Waals surface area contributed by atoms with Crippen molar-refractivity contribution in [3.8, 4) is 11.4 Å². The molecule has 23 heavy (non-hydrogen) atoms. The number of aromatic nitrogens is 3. The van der Waals surface area contributed by atoms with Gasteiger partial charge in [-0.25, -0.2) is 0 Å². The van der Waals surface area contributed by atoms with Crippen LogP contribution in [0, 0.1) is 0 Å². The minimum Gasteiger partial charge on any atom is -0.320 e. The van der Waals surface area contributed by atoms with Gasteiger partial charge in [0.05, 0.1) is 0 Å². The summed E-state index contributed by atoms with van der Waals surface area (Å²) in [6, 6.07) is 8.21. The zero-order valence-corrected chi connectivity index (χ0v) is 14.2. The quantitative estimate of drug-likeness (QED) is 0.716. The van der Waals surface area contributed by atoms with Crippen LogP contribution >= 0.6 is 0 Å². The fourth-order valence-electron chi connectivity index (χ4n) is 2.19. The molecule has 6 nitrogen and oxygen atoms in total. The predicted octanol–water partition coefficient (Wildman–Crippen LogP) is 2.71. The Morgan fingerprint density at radius 2 is 1.91 bits per heavy atom. The minimum atomic E-state index is -0.0751. The lowest BCUT2D eigenvalue weighted by Crippen LogP contribution is -2.15. The van der Waals surface area contributed by atoms with Gasteiger partial charge in [-0.05, 0) is 31.0 Å². The number of aromatic amines is 1. The van der Waals surface area contributed by atoms with Crippen LogP contribution in [0.3, 0.4) is 0 Å². The van der Waals surface area contributed by atoms with Gasteiger partial charge in [0.2, 0.25) is 11.9 Å². The number of nitrogens with one attached hydrogen (secondary N) is 3. The number of benzene rings is 1. The lowest BCUT2D eigenvalue weighted by Gasteiger charge is -2.18. The molecule has 1 aromatic carbocycles. The molecule has 0 aliphatic heterocycles. The smallest absolute Gasteiger partial charge is 0.249 e. The Kier molecular flexibility index (Phi) is 5.50. The van der Waals surface area contributed by atoms with Crippen molar-refractivity contribution < 1.29 is 4.79 Å². The Morgan fingerprint density at radius 1 is 1.22 bits per heavy atom. The van der Waals surface area contributed by atoms with E-state index in [0.717, 1.165) is 18.5 Å². The van der Waals surface area contributed by atoms with Gasteiger partial charge in [0.15, 0.2) is 5.82 Å². The maximum Gasteiger partial charge on any atom is 0.249 e. The van der Waals surface area contributed by atoms with Gasteiger partial charge in [-0.2, -0.15) is 4.98 Å². The third-order valence-corrected chi connectivity index (χ3v) is 3.59. The van der Waals surface area contributed by atoms with Crippen molar-refractivity contribution in [2.75, 3.05) is 18.9 Å². The summed E-state index contributed by atoms with van der Waals surface area (Å²) in [5.74, 6) is 0.888. The predicted molar refractivity (Wildman–Crippen MR) is 92.3 cm³/mol. The van der Waals surface area contributed by atoms with Crippen molar-refractivity contribution in [1.29, 1.82) is 0 Å². The van der Waals surface area contributed by atoms with Gasteiger partial charge in [0, 0.05) is 12.0 Å². The Hall–Kier alpha value is -2.21. The highest BCUT2D eigenvalue weighted by molar-refractivity contribution is 5.89. The van der Waals surface area contributed by atoms with Crippen LogP contribution in [0.25, 0.3) is 11.4 Å². The number of H-pyrrole nitrogens is 1. The van der Waals surface area contributed by atoms with Gasteiger partial charge in [-0.1, -0.05) is 45.0 Å². The molecule has 0 spiro atoms. The monoisotopic (exact) mass is 315 g/mol. The van der Waals surface area contributed by atoms with E-state index in [1.54, 1.807) is 0 Å². The molecule has 0 saturated heterocycles. The molecule has 2 rings (SSSR count). The number of hydrogen-bond acceptors (Lipinski definition) is 4. The third-order valence-electron chi connectivity index (χ3n) is 3.59. The van der Waals surface area contributed by atoms with E-state index in [4.69, 9.17) is 0 Å². The van der Waals surface area contributed by atoms with Gasteiger partial charge >= 0.3 is 0 Å². The zero-order valence-electron chi connectivity index (χ0n) is 14.2. The van der Waals surface area contributed by atoms with Gasteiger partial charge in [-0.15, -0.1) is 5.10 Å². The number of rotatable bonds is 6. The van der Waals surface area contributed by atoms with E-state index in [2.05, 4.69) is 58.7 Å². The molecule has 0 radical (unpaired) electrons. The van der Waals surface area contributed by atoms with E-state index in [-0.39, 0.29) is 11.3 Å². The Labute approximate surface area is 137 Å². The largest absolute Gasteiger partial charge is 0.320 e. The molecule has 3 N–H and O–H groups in total. The number of carbonyl (C=O) groups is 1. The van der Waals surface area contributed by atoms with Crippen molar-refractivity contribution >= 4 is 11.9 Å². The fourth-order valence-corrected chi connectivity index (χ4v) is 2.19. The summed E-state index contributed by atoms with van der Waals surface area (Å²) in [6.45, 7) is 7.35. The van der Waals surface area contributed by atoms with Crippen molar-refractivity contribution in [3.63, 3.8) is 0 Å². The molecule has 0 saturated carbocycles. The van der Waals surface area contributed by atoms with Crippen LogP contribution in [0.1, 0.15) is 39.2 Å². The average Bonchev–Trinajstić information content (AvgIpc) is 2.95. The lowest BCUT2D eigenvalue weighted by atomic mass is 9.87. The summed E-state index contributed by atoms with van der Waals surface area (Å²) >= 11 is 0. The Morgan fingerprint density at radius 3 is 2.52 bits per heavy atom. The number of nitrogens with zero attached hydrogens (tertiary/aromatic N) is 2. The summed E-state index contributed by atoms with van der Waals surface area (Å²) in [7, 11) is 1.87. The van der Waals surface area contributed by atoms with Crippen LogP contribution in [-0.4, -0.2) is 34.7 Å². The van der Waals surface area contributed by atoms with Crippen molar-refractivity contribution in [2.45, 2.75) is 39.0 Å². The van der Waals surface area contributed by atoms with E-state index < -0.39 is 0 Å². The summed E-state index contributed by atoms with van der Waals surface area (Å²) in [6.07, 6.45) is 1.23. The molecule has 1 aromatic heterocycles. The second kappa shape index (κ2) is 7.37. The van der Waals surface area contributed by atoms with E-state index in [0.29, 0.717) is 18.2 Å². The summed E-state index contributed by atoms with van der Waals surface area (Å²) in [5, 5.41) is 12.6. The normalized spacial score (nSPS) is 11.5. The van der Waals surface area contributed by atoms with E-state index in [1.165, 1.54) is 5.56 Å². The lowest BCUT2D eigenvalue weighted by molar-refractivity contribution is -0.116. The standard InChI is InChI=1S/C17H25N5O/c1-17(2,3)13-9-7-12(8-10-13)15-20-16(22-21-15)19-14(23)6-5-11-18-4/h7-10,18H,5-6,11H2,1-4H3,(H2,19,20,21,22,23). The highest BCUT2D eigenvalue weighted by atomic mass is 16.1. The SMILES string of the molecule is CNCCCC(=O)Nc1n[nH]c(-c2ccc(C(C)(C)C)cc2)n1. The average molecular weight is 315 g/mol. The summed E-state index contributed by atoms with van der Waals surface area (Å²) in [4.78, 5) is 16.1. The molecule has 0 fully saturated rings. The first-order valence-electron chi connectivity index (χ1n) is 7.88. The Balaban J connectivity index is 2.00. The second-order valence-corrected chi connectivity index (χ2v) is 6.59. The second-order valence-electron chi connectivity index (χ2n) is 6.59. The molecular formula is C17H25N5O. The maximum absolute atomic E-state index is 11.8. The van der Waals surface area contributed by atoms with Crippen molar-refractivity contribution in [3.05, 3.63) is 29.8 Å². The van der Waals surface area contributed by atoms with Crippen LogP contribution in [0.4, 0.5) is 5.95 Å². The molecule has 0 bridgehead atoms. The number of anilines is 1. The minimum absolute atomic E-state index is 0.0751. The van der Waals surface area contributed by atoms with Crippen molar-refractivity contribution in [2.24, 2.45) is 0 Å². The van der Waals surface area contributed by atoms with Crippen LogP contribution in [0.2, 0.25) is 0 Å². The fraction of sp³-hybridized carbons (Fsp3) is 0.471. The zero-order chi connectivity index (χ0) is 16.9. The molecule has 2 aromatic rings. The first-order valence-corrected chi connectivity index (χ1v) is 7.88. The molecule has 6 heteroatoms. The molecule has 0 unspecified atom stereocenters. The third kappa shape index (κ3) is 4.89. The molecule has 124 valence electrons. The number of amides is 1. The maximum atomic E-state index is 11.8. The molecule has 0 aliphatic rings. The van der Waals surface area contributed by atoms with Gasteiger partial charge in [0.25, 0.3) is 0 Å². The van der Waals surface area contributed by atoms with Gasteiger partial charge in [0.1, 0.15) is 0 Å². The van der Waals surface area contributed by atoms with Crippen LogP contribution < -0.4 is 10.6 Å². The highest BCUT2D eigenvalue weighted by Crippen LogP contribution is 2.24. The Bertz CT molecular complexity index is 640. The number of hydrogen-bond donors (Lipinski definition) is 3. The molecule has 0 aliphatic carbocycles. The van der Waals surface area contributed by atoms with Crippen LogP contribution in [0.15, 0.2) is 24.3 Å². The van der Waals surface area contributed by atoms with Gasteiger partial charge < -0.3 is 5.32 Å². The molecule has 1 heterocycles. The van der Waals surface area contributed by atoms with Crippen LogP contribution in [-0.2, 0) is 10.2 Å². The van der Waals surface area contributed by atoms with Gasteiger partial charge in [-0.3, -0.25) is 15.2 Å². The molecule has 1 amide bonds. The molecule has 0 atom stereocenters. The highest BCUT2D eigenvalue weighted by Gasteiger charge is 2.14. The summed E-state index contributed by atoms with van der Waals surface area (Å²) in [5.41, 5.74) is 2.33. The molecular weight excluding hydrogens is 290 g/mol. The number of carbonyl (C=O) groups excluding carboxylic acids is 1. The van der Waals surface area contributed by atoms with E-state index in [1.807, 2.05) is 19.2 Å². The van der Waals surface area contributed by atoms with Crippen molar-refractivity contribution in [1.82, 2.24) is 20.5 Å². The van der Waals surface area contributed by atoms with Crippen LogP contribution in [0.5, 0.6) is 0 Å². The summed E-state index contributed by atoms with van der Waals surface area (Å²) < 4.78 is 0. The first-order chi connectivity index (χ1) is 10.9. The van der Waals surface area contributed by atoms with E-state index in [9.17, 15) is 4.79 Å².